The molecule has 0 atom stereocenters. The summed E-state index contributed by atoms with van der Waals surface area (Å²) in [5, 5.41) is 3.33. The Labute approximate surface area is 130 Å². The predicted molar refractivity (Wildman–Crippen MR) is 90.3 cm³/mol. The summed E-state index contributed by atoms with van der Waals surface area (Å²) < 4.78 is 0. The van der Waals surface area contributed by atoms with Crippen LogP contribution in [-0.2, 0) is 6.54 Å². The van der Waals surface area contributed by atoms with E-state index in [9.17, 15) is 0 Å². The van der Waals surface area contributed by atoms with Crippen molar-refractivity contribution in [1.29, 1.82) is 0 Å². The van der Waals surface area contributed by atoms with Gasteiger partial charge in [0, 0.05) is 25.3 Å². The minimum absolute atomic E-state index is 0.742. The zero-order chi connectivity index (χ0) is 15.2. The molecular weight excluding hydrogens is 272 g/mol. The molecule has 0 fully saturated rings. The number of anilines is 3. The van der Waals surface area contributed by atoms with Gasteiger partial charge in [-0.3, -0.25) is 0 Å². The summed E-state index contributed by atoms with van der Waals surface area (Å²) in [6, 6.07) is 22.4. The van der Waals surface area contributed by atoms with Crippen molar-refractivity contribution in [2.24, 2.45) is 0 Å². The van der Waals surface area contributed by atoms with Crippen LogP contribution in [0.3, 0.4) is 0 Å². The number of nitrogens with zero attached hydrogens (tertiary/aromatic N) is 3. The summed E-state index contributed by atoms with van der Waals surface area (Å²) in [6.45, 7) is 0.742. The number of hydrogen-bond donors (Lipinski definition) is 1. The highest BCUT2D eigenvalue weighted by atomic mass is 15.2. The summed E-state index contributed by atoms with van der Waals surface area (Å²) in [4.78, 5) is 10.7. The Kier molecular flexibility index (Phi) is 4.30. The molecule has 1 aromatic heterocycles. The Morgan fingerprint density at radius 2 is 1.59 bits per heavy atom. The maximum Gasteiger partial charge on any atom is 0.138 e. The highest BCUT2D eigenvalue weighted by Gasteiger charge is 2.06. The first-order chi connectivity index (χ1) is 10.8. The summed E-state index contributed by atoms with van der Waals surface area (Å²) in [5.74, 6) is 1.67. The van der Waals surface area contributed by atoms with Crippen LogP contribution in [0.15, 0.2) is 73.1 Å². The molecule has 0 unspecified atom stereocenters. The molecule has 0 aliphatic heterocycles. The van der Waals surface area contributed by atoms with Crippen molar-refractivity contribution in [2.75, 3.05) is 17.3 Å². The molecule has 0 spiro atoms. The molecule has 22 heavy (non-hydrogen) atoms. The van der Waals surface area contributed by atoms with Crippen molar-refractivity contribution in [3.05, 3.63) is 78.6 Å². The van der Waals surface area contributed by atoms with Gasteiger partial charge in [-0.1, -0.05) is 48.5 Å². The van der Waals surface area contributed by atoms with E-state index in [2.05, 4.69) is 39.6 Å². The second-order valence-corrected chi connectivity index (χ2v) is 5.00. The Hall–Kier alpha value is -2.88. The largest absolute Gasteiger partial charge is 0.366 e. The molecule has 110 valence electrons. The van der Waals surface area contributed by atoms with Gasteiger partial charge in [0.15, 0.2) is 0 Å². The van der Waals surface area contributed by atoms with Crippen LogP contribution in [0.25, 0.3) is 0 Å². The van der Waals surface area contributed by atoms with E-state index < -0.39 is 0 Å². The van der Waals surface area contributed by atoms with Crippen molar-refractivity contribution in [3.63, 3.8) is 0 Å². The van der Waals surface area contributed by atoms with Crippen molar-refractivity contribution in [3.8, 4) is 0 Å². The van der Waals surface area contributed by atoms with Crippen molar-refractivity contribution >= 4 is 17.3 Å². The molecule has 0 bridgehead atoms. The van der Waals surface area contributed by atoms with Crippen molar-refractivity contribution in [2.45, 2.75) is 6.54 Å². The van der Waals surface area contributed by atoms with E-state index in [-0.39, 0.29) is 0 Å². The minimum Gasteiger partial charge on any atom is -0.366 e. The van der Waals surface area contributed by atoms with E-state index in [0.29, 0.717) is 0 Å². The van der Waals surface area contributed by atoms with Gasteiger partial charge in [0.1, 0.15) is 18.0 Å². The zero-order valence-electron chi connectivity index (χ0n) is 12.5. The SMILES string of the molecule is CN(c1ccccc1)c1cc(NCc2ccccc2)ncn1. The molecule has 0 saturated heterocycles. The van der Waals surface area contributed by atoms with Crippen LogP contribution >= 0.6 is 0 Å². The van der Waals surface area contributed by atoms with Crippen LogP contribution in [0.5, 0.6) is 0 Å². The van der Waals surface area contributed by atoms with Crippen LogP contribution in [0.1, 0.15) is 5.56 Å². The smallest absolute Gasteiger partial charge is 0.138 e. The van der Waals surface area contributed by atoms with E-state index in [4.69, 9.17) is 0 Å². The molecule has 0 radical (unpaired) electrons. The lowest BCUT2D eigenvalue weighted by atomic mass is 10.2. The summed E-state index contributed by atoms with van der Waals surface area (Å²) in [6.07, 6.45) is 1.59. The fraction of sp³-hybridized carbons (Fsp3) is 0.111. The molecule has 0 saturated carbocycles. The molecular formula is C18H18N4. The predicted octanol–water partition coefficient (Wildman–Crippen LogP) is 3.86. The van der Waals surface area contributed by atoms with Gasteiger partial charge in [-0.2, -0.15) is 0 Å². The monoisotopic (exact) mass is 290 g/mol. The van der Waals surface area contributed by atoms with Crippen LogP contribution in [-0.4, -0.2) is 17.0 Å². The van der Waals surface area contributed by atoms with Crippen LogP contribution in [0, 0.1) is 0 Å². The van der Waals surface area contributed by atoms with E-state index in [0.717, 1.165) is 23.9 Å². The summed E-state index contributed by atoms with van der Waals surface area (Å²) >= 11 is 0. The fourth-order valence-corrected chi connectivity index (χ4v) is 2.20. The van der Waals surface area contributed by atoms with E-state index >= 15 is 0 Å². The number of para-hydroxylation sites is 1. The molecule has 4 heteroatoms. The second kappa shape index (κ2) is 6.72. The fourth-order valence-electron chi connectivity index (χ4n) is 2.20. The summed E-state index contributed by atoms with van der Waals surface area (Å²) in [7, 11) is 2.00. The molecule has 1 N–H and O–H groups in total. The van der Waals surface area contributed by atoms with E-state index in [1.165, 1.54) is 5.56 Å². The Balaban J connectivity index is 1.72. The molecule has 0 amide bonds. The lowest BCUT2D eigenvalue weighted by molar-refractivity contribution is 1.05. The van der Waals surface area contributed by atoms with Crippen molar-refractivity contribution in [1.82, 2.24) is 9.97 Å². The Bertz CT molecular complexity index is 713. The van der Waals surface area contributed by atoms with Gasteiger partial charge in [-0.05, 0) is 17.7 Å². The highest BCUT2D eigenvalue weighted by molar-refractivity contribution is 5.61. The average Bonchev–Trinajstić information content (AvgIpc) is 2.61. The molecule has 2 aromatic carbocycles. The first kappa shape index (κ1) is 14.1. The first-order valence-corrected chi connectivity index (χ1v) is 7.21. The minimum atomic E-state index is 0.742. The molecule has 1 heterocycles. The van der Waals surface area contributed by atoms with Crippen molar-refractivity contribution < 1.29 is 0 Å². The average molecular weight is 290 g/mol. The lowest BCUT2D eigenvalue weighted by Gasteiger charge is -2.18. The molecule has 3 aromatic rings. The number of hydrogen-bond acceptors (Lipinski definition) is 4. The molecule has 3 rings (SSSR count). The van der Waals surface area contributed by atoms with Crippen LogP contribution < -0.4 is 10.2 Å². The molecule has 4 nitrogen and oxygen atoms in total. The maximum atomic E-state index is 4.35. The van der Waals surface area contributed by atoms with Gasteiger partial charge in [0.25, 0.3) is 0 Å². The lowest BCUT2D eigenvalue weighted by Crippen LogP contribution is -2.12. The third-order valence-corrected chi connectivity index (χ3v) is 3.46. The second-order valence-electron chi connectivity index (χ2n) is 5.00. The number of rotatable bonds is 5. The number of benzene rings is 2. The maximum absolute atomic E-state index is 4.35. The standard InChI is InChI=1S/C18H18N4/c1-22(16-10-6-3-7-11-16)18-12-17(20-14-21-18)19-13-15-8-4-2-5-9-15/h2-12,14H,13H2,1H3,(H,19,20,21). The van der Waals surface area contributed by atoms with E-state index in [1.54, 1.807) is 6.33 Å². The number of nitrogens with one attached hydrogen (secondary N) is 1. The summed E-state index contributed by atoms with van der Waals surface area (Å²) in [5.41, 5.74) is 2.31. The van der Waals surface area contributed by atoms with Gasteiger partial charge < -0.3 is 10.2 Å². The van der Waals surface area contributed by atoms with Gasteiger partial charge in [0.2, 0.25) is 0 Å². The van der Waals surface area contributed by atoms with Gasteiger partial charge in [-0.15, -0.1) is 0 Å². The van der Waals surface area contributed by atoms with Crippen LogP contribution in [0.2, 0.25) is 0 Å². The Morgan fingerprint density at radius 1 is 0.909 bits per heavy atom. The third kappa shape index (κ3) is 3.41. The normalized spacial score (nSPS) is 10.2. The first-order valence-electron chi connectivity index (χ1n) is 7.21. The quantitative estimate of drug-likeness (QED) is 0.774. The topological polar surface area (TPSA) is 41.0 Å². The van der Waals surface area contributed by atoms with Gasteiger partial charge >= 0.3 is 0 Å². The molecule has 0 aliphatic rings. The number of aromatic nitrogens is 2. The Morgan fingerprint density at radius 3 is 2.32 bits per heavy atom. The molecule has 0 aliphatic carbocycles. The van der Waals surface area contributed by atoms with Crippen LogP contribution in [0.4, 0.5) is 17.3 Å². The van der Waals surface area contributed by atoms with E-state index in [1.807, 2.05) is 54.4 Å². The van der Waals surface area contributed by atoms with Gasteiger partial charge in [-0.25, -0.2) is 9.97 Å². The zero-order valence-corrected chi connectivity index (χ0v) is 12.5. The van der Waals surface area contributed by atoms with Gasteiger partial charge in [0.05, 0.1) is 0 Å². The highest BCUT2D eigenvalue weighted by Crippen LogP contribution is 2.22. The third-order valence-electron chi connectivity index (χ3n) is 3.46.